The van der Waals surface area contributed by atoms with E-state index in [2.05, 4.69) is 25.9 Å². The second-order valence-electron chi connectivity index (χ2n) is 6.02. The predicted octanol–water partition coefficient (Wildman–Crippen LogP) is 1.35. The van der Waals surface area contributed by atoms with Crippen molar-refractivity contribution in [3.05, 3.63) is 41.2 Å². The molecule has 1 aliphatic rings. The third-order valence-corrected chi connectivity index (χ3v) is 4.01. The quantitative estimate of drug-likeness (QED) is 0.692. The molecule has 1 saturated carbocycles. The number of nitrogens with zero attached hydrogens (tertiary/aromatic N) is 3. The Bertz CT molecular complexity index is 786. The van der Waals surface area contributed by atoms with Crippen molar-refractivity contribution >= 4 is 11.8 Å². The highest BCUT2D eigenvalue weighted by molar-refractivity contribution is 5.94. The Hall–Kier alpha value is -2.81. The SMILES string of the molecule is CONC(=O)c1ccc(-n2nnc(C(=O)NC3CC3)c2CCCF)cc1. The van der Waals surface area contributed by atoms with Crippen molar-refractivity contribution in [3.63, 3.8) is 0 Å². The van der Waals surface area contributed by atoms with Crippen LogP contribution in [-0.2, 0) is 11.3 Å². The van der Waals surface area contributed by atoms with E-state index in [9.17, 15) is 14.0 Å². The van der Waals surface area contributed by atoms with Crippen LogP contribution in [0.25, 0.3) is 5.69 Å². The first-order valence-corrected chi connectivity index (χ1v) is 8.39. The molecule has 0 saturated heterocycles. The van der Waals surface area contributed by atoms with E-state index in [0.29, 0.717) is 23.4 Å². The summed E-state index contributed by atoms with van der Waals surface area (Å²) < 4.78 is 14.2. The van der Waals surface area contributed by atoms with Gasteiger partial charge in [0.1, 0.15) is 0 Å². The number of aromatic nitrogens is 3. The number of hydrogen-bond donors (Lipinski definition) is 2. The number of amides is 2. The number of benzene rings is 1. The second-order valence-corrected chi connectivity index (χ2v) is 6.02. The van der Waals surface area contributed by atoms with Crippen molar-refractivity contribution in [2.24, 2.45) is 0 Å². The maximum Gasteiger partial charge on any atom is 0.274 e. The van der Waals surface area contributed by atoms with Crippen LogP contribution in [0.1, 0.15) is 45.8 Å². The molecule has 2 amide bonds. The van der Waals surface area contributed by atoms with Crippen LogP contribution in [-0.4, -0.2) is 46.6 Å². The molecule has 0 aliphatic heterocycles. The van der Waals surface area contributed by atoms with E-state index in [1.165, 1.54) is 11.8 Å². The van der Waals surface area contributed by atoms with Gasteiger partial charge in [-0.25, -0.2) is 10.2 Å². The lowest BCUT2D eigenvalue weighted by Gasteiger charge is -2.08. The number of rotatable bonds is 8. The molecule has 26 heavy (non-hydrogen) atoms. The summed E-state index contributed by atoms with van der Waals surface area (Å²) in [5, 5.41) is 10.9. The van der Waals surface area contributed by atoms with E-state index in [1.807, 2.05) is 0 Å². The molecule has 3 rings (SSSR count). The fourth-order valence-electron chi connectivity index (χ4n) is 2.53. The van der Waals surface area contributed by atoms with E-state index in [0.717, 1.165) is 12.8 Å². The van der Waals surface area contributed by atoms with Crippen molar-refractivity contribution in [1.82, 2.24) is 25.8 Å². The minimum Gasteiger partial charge on any atom is -0.348 e. The summed E-state index contributed by atoms with van der Waals surface area (Å²) in [6.45, 7) is -0.495. The van der Waals surface area contributed by atoms with Crippen LogP contribution in [0.3, 0.4) is 0 Å². The van der Waals surface area contributed by atoms with Crippen LogP contribution in [0.5, 0.6) is 0 Å². The average molecular weight is 361 g/mol. The van der Waals surface area contributed by atoms with Gasteiger partial charge in [0.05, 0.1) is 25.2 Å². The molecule has 1 fully saturated rings. The average Bonchev–Trinajstić information content (AvgIpc) is 3.36. The molecule has 0 spiro atoms. The first-order chi connectivity index (χ1) is 12.6. The summed E-state index contributed by atoms with van der Waals surface area (Å²) in [5.74, 6) is -0.663. The minimum absolute atomic E-state index is 0.195. The molecule has 1 aromatic heterocycles. The number of nitrogens with one attached hydrogen (secondary N) is 2. The van der Waals surface area contributed by atoms with E-state index in [4.69, 9.17) is 0 Å². The molecule has 0 bridgehead atoms. The van der Waals surface area contributed by atoms with Crippen molar-refractivity contribution in [3.8, 4) is 5.69 Å². The molecule has 8 nitrogen and oxygen atoms in total. The normalized spacial score (nSPS) is 13.5. The van der Waals surface area contributed by atoms with Crippen LogP contribution in [0.4, 0.5) is 4.39 Å². The minimum atomic E-state index is -0.495. The van der Waals surface area contributed by atoms with E-state index in [-0.39, 0.29) is 30.0 Å². The molecule has 2 N–H and O–H groups in total. The molecule has 1 heterocycles. The molecule has 1 aliphatic carbocycles. The molecule has 0 unspecified atom stereocenters. The summed E-state index contributed by atoms with van der Waals surface area (Å²) in [6, 6.07) is 6.77. The van der Waals surface area contributed by atoms with E-state index >= 15 is 0 Å². The molecule has 9 heteroatoms. The number of hydroxylamine groups is 1. The third-order valence-electron chi connectivity index (χ3n) is 4.01. The van der Waals surface area contributed by atoms with Crippen LogP contribution >= 0.6 is 0 Å². The highest BCUT2D eigenvalue weighted by Gasteiger charge is 2.27. The lowest BCUT2D eigenvalue weighted by molar-refractivity contribution is 0.0537. The zero-order valence-corrected chi connectivity index (χ0v) is 14.4. The highest BCUT2D eigenvalue weighted by atomic mass is 19.1. The lowest BCUT2D eigenvalue weighted by atomic mass is 10.1. The number of halogens is 1. The highest BCUT2D eigenvalue weighted by Crippen LogP contribution is 2.21. The third kappa shape index (κ3) is 4.05. The van der Waals surface area contributed by atoms with Gasteiger partial charge in [0, 0.05) is 11.6 Å². The second kappa shape index (κ2) is 8.05. The standard InChI is InChI=1S/C17H20FN5O3/c1-26-21-16(24)11-4-8-13(9-5-11)23-14(3-2-10-18)15(20-22-23)17(25)19-12-6-7-12/h4-5,8-9,12H,2-3,6-7,10H2,1H3,(H,19,25)(H,21,24). The first-order valence-electron chi connectivity index (χ1n) is 8.39. The van der Waals surface area contributed by atoms with Crippen LogP contribution in [0.2, 0.25) is 0 Å². The van der Waals surface area contributed by atoms with Gasteiger partial charge in [-0.15, -0.1) is 5.10 Å². The maximum atomic E-state index is 12.7. The predicted molar refractivity (Wildman–Crippen MR) is 90.6 cm³/mol. The Kier molecular flexibility index (Phi) is 5.57. The summed E-state index contributed by atoms with van der Waals surface area (Å²) >= 11 is 0. The van der Waals surface area contributed by atoms with Crippen LogP contribution in [0.15, 0.2) is 24.3 Å². The van der Waals surface area contributed by atoms with Gasteiger partial charge in [-0.05, 0) is 49.9 Å². The van der Waals surface area contributed by atoms with Gasteiger partial charge in [0.2, 0.25) is 0 Å². The van der Waals surface area contributed by atoms with Gasteiger partial charge < -0.3 is 5.32 Å². The number of alkyl halides is 1. The van der Waals surface area contributed by atoms with Gasteiger partial charge in [-0.3, -0.25) is 18.8 Å². The number of carbonyl (C=O) groups is 2. The van der Waals surface area contributed by atoms with Crippen LogP contribution < -0.4 is 10.8 Å². The summed E-state index contributed by atoms with van der Waals surface area (Å²) in [5.41, 5.74) is 4.04. The zero-order chi connectivity index (χ0) is 18.5. The fraction of sp³-hybridized carbons (Fsp3) is 0.412. The molecule has 0 radical (unpaired) electrons. The Labute approximate surface area is 149 Å². The van der Waals surface area contributed by atoms with Gasteiger partial charge in [0.25, 0.3) is 11.8 Å². The topological polar surface area (TPSA) is 98.1 Å². The Morgan fingerprint density at radius 3 is 2.62 bits per heavy atom. The molecule has 0 atom stereocenters. The lowest BCUT2D eigenvalue weighted by Crippen LogP contribution is -2.27. The first kappa shape index (κ1) is 18.0. The van der Waals surface area contributed by atoms with E-state index < -0.39 is 6.67 Å². The molecular formula is C17H20FN5O3. The summed E-state index contributed by atoms with van der Waals surface area (Å²) in [6.07, 6.45) is 2.53. The Morgan fingerprint density at radius 1 is 1.27 bits per heavy atom. The van der Waals surface area contributed by atoms with E-state index in [1.54, 1.807) is 24.3 Å². The monoisotopic (exact) mass is 361 g/mol. The van der Waals surface area contributed by atoms with Crippen molar-refractivity contribution < 1.29 is 18.8 Å². The number of hydrogen-bond acceptors (Lipinski definition) is 5. The van der Waals surface area contributed by atoms with Gasteiger partial charge in [-0.1, -0.05) is 5.21 Å². The van der Waals surface area contributed by atoms with Crippen LogP contribution in [0, 0.1) is 0 Å². The summed E-state index contributed by atoms with van der Waals surface area (Å²) in [7, 11) is 1.35. The molecule has 138 valence electrons. The molecule has 1 aromatic carbocycles. The van der Waals surface area contributed by atoms with Gasteiger partial charge >= 0.3 is 0 Å². The summed E-state index contributed by atoms with van der Waals surface area (Å²) in [4.78, 5) is 28.7. The van der Waals surface area contributed by atoms with Crippen molar-refractivity contribution in [2.75, 3.05) is 13.8 Å². The van der Waals surface area contributed by atoms with Gasteiger partial charge in [0.15, 0.2) is 5.69 Å². The van der Waals surface area contributed by atoms with Crippen molar-refractivity contribution in [2.45, 2.75) is 31.7 Å². The largest absolute Gasteiger partial charge is 0.348 e. The fourth-order valence-corrected chi connectivity index (χ4v) is 2.53. The zero-order valence-electron chi connectivity index (χ0n) is 14.4. The Morgan fingerprint density at radius 2 is 2.00 bits per heavy atom. The number of carbonyl (C=O) groups excluding carboxylic acids is 2. The van der Waals surface area contributed by atoms with Crippen molar-refractivity contribution in [1.29, 1.82) is 0 Å². The maximum absolute atomic E-state index is 12.7. The smallest absolute Gasteiger partial charge is 0.274 e. The molecule has 2 aromatic rings. The Balaban J connectivity index is 1.86. The van der Waals surface area contributed by atoms with Gasteiger partial charge in [-0.2, -0.15) is 0 Å². The molecular weight excluding hydrogens is 341 g/mol.